The molecule has 2 aliphatic rings. The number of nitrogen functional groups attached to an aromatic ring is 1. The molecular formula is C18H26N2O. The summed E-state index contributed by atoms with van der Waals surface area (Å²) < 4.78 is 0. The number of hydrogen-bond acceptors (Lipinski definition) is 2. The van der Waals surface area contributed by atoms with Crippen molar-refractivity contribution < 1.29 is 4.79 Å². The fraction of sp³-hybridized carbons (Fsp3) is 0.611. The van der Waals surface area contributed by atoms with Gasteiger partial charge in [0.25, 0.3) is 0 Å². The van der Waals surface area contributed by atoms with Crippen molar-refractivity contribution >= 4 is 11.6 Å². The van der Waals surface area contributed by atoms with Gasteiger partial charge in [0.15, 0.2) is 0 Å². The summed E-state index contributed by atoms with van der Waals surface area (Å²) in [6.07, 6.45) is 5.44. The zero-order chi connectivity index (χ0) is 15.0. The summed E-state index contributed by atoms with van der Waals surface area (Å²) >= 11 is 0. The quantitative estimate of drug-likeness (QED) is 0.815. The van der Waals surface area contributed by atoms with Gasteiger partial charge < -0.3 is 10.6 Å². The fourth-order valence-corrected chi connectivity index (χ4v) is 3.06. The second kappa shape index (κ2) is 5.36. The molecule has 1 amide bonds. The van der Waals surface area contributed by atoms with Crippen molar-refractivity contribution in [1.29, 1.82) is 0 Å². The lowest BCUT2D eigenvalue weighted by Crippen LogP contribution is -2.41. The van der Waals surface area contributed by atoms with E-state index in [1.165, 1.54) is 12.8 Å². The van der Waals surface area contributed by atoms with Gasteiger partial charge >= 0.3 is 0 Å². The molecule has 0 radical (unpaired) electrons. The molecule has 0 heterocycles. The van der Waals surface area contributed by atoms with Crippen molar-refractivity contribution in [2.24, 2.45) is 5.92 Å². The Hall–Kier alpha value is -1.51. The largest absolute Gasteiger partial charge is 0.399 e. The third kappa shape index (κ3) is 2.92. The van der Waals surface area contributed by atoms with Crippen LogP contribution in [0.5, 0.6) is 0 Å². The van der Waals surface area contributed by atoms with E-state index in [4.69, 9.17) is 5.73 Å². The van der Waals surface area contributed by atoms with Gasteiger partial charge in [0.05, 0.1) is 5.41 Å². The van der Waals surface area contributed by atoms with Gasteiger partial charge in [-0.2, -0.15) is 0 Å². The lowest BCUT2D eigenvalue weighted by molar-refractivity contribution is -0.134. The zero-order valence-electron chi connectivity index (χ0n) is 13.1. The average molecular weight is 286 g/mol. The van der Waals surface area contributed by atoms with E-state index in [0.29, 0.717) is 17.9 Å². The van der Waals surface area contributed by atoms with Gasteiger partial charge in [-0.25, -0.2) is 0 Å². The maximum absolute atomic E-state index is 13.1. The Kier molecular flexibility index (Phi) is 3.68. The van der Waals surface area contributed by atoms with Crippen molar-refractivity contribution in [3.8, 4) is 0 Å². The van der Waals surface area contributed by atoms with Crippen LogP contribution in [0.1, 0.15) is 51.5 Å². The summed E-state index contributed by atoms with van der Waals surface area (Å²) in [6, 6.07) is 8.40. The van der Waals surface area contributed by atoms with Crippen molar-refractivity contribution in [3.63, 3.8) is 0 Å². The van der Waals surface area contributed by atoms with Gasteiger partial charge in [-0.1, -0.05) is 26.0 Å². The molecule has 0 atom stereocenters. The molecule has 0 aliphatic heterocycles. The zero-order valence-corrected chi connectivity index (χ0v) is 13.1. The highest BCUT2D eigenvalue weighted by Gasteiger charge is 2.54. The highest BCUT2D eigenvalue weighted by atomic mass is 16.2. The standard InChI is InChI=1S/C18H26N2O/c1-13(2)9-12-20(16-7-8-16)17(21)18(10-11-18)14-3-5-15(19)6-4-14/h3-6,13,16H,7-12,19H2,1-2H3. The molecule has 1 aromatic carbocycles. The number of nitrogens with two attached hydrogens (primary N) is 1. The molecule has 3 heteroatoms. The summed E-state index contributed by atoms with van der Waals surface area (Å²) in [5.74, 6) is 1.00. The minimum absolute atomic E-state index is 0.243. The van der Waals surface area contributed by atoms with Gasteiger partial charge in [0.1, 0.15) is 0 Å². The smallest absolute Gasteiger partial charge is 0.233 e. The van der Waals surface area contributed by atoms with Gasteiger partial charge in [-0.05, 0) is 55.7 Å². The van der Waals surface area contributed by atoms with Crippen LogP contribution in [0.3, 0.4) is 0 Å². The van der Waals surface area contributed by atoms with Crippen molar-refractivity contribution in [2.45, 2.75) is 57.4 Å². The van der Waals surface area contributed by atoms with Crippen LogP contribution in [-0.2, 0) is 10.2 Å². The molecule has 0 bridgehead atoms. The first-order chi connectivity index (χ1) is 10.0. The van der Waals surface area contributed by atoms with E-state index in [2.05, 4.69) is 18.7 Å². The predicted octanol–water partition coefficient (Wildman–Crippen LogP) is 3.34. The highest BCUT2D eigenvalue weighted by Crippen LogP contribution is 2.51. The Labute approximate surface area is 127 Å². The molecule has 1 aromatic rings. The monoisotopic (exact) mass is 286 g/mol. The van der Waals surface area contributed by atoms with Crippen LogP contribution in [0, 0.1) is 5.92 Å². The molecule has 2 saturated carbocycles. The molecule has 3 nitrogen and oxygen atoms in total. The Balaban J connectivity index is 1.77. The molecule has 21 heavy (non-hydrogen) atoms. The predicted molar refractivity (Wildman–Crippen MR) is 86.0 cm³/mol. The number of anilines is 1. The molecule has 114 valence electrons. The maximum Gasteiger partial charge on any atom is 0.233 e. The number of rotatable bonds is 6. The third-order valence-corrected chi connectivity index (χ3v) is 4.82. The van der Waals surface area contributed by atoms with Gasteiger partial charge in [-0.3, -0.25) is 4.79 Å². The number of hydrogen-bond donors (Lipinski definition) is 1. The number of carbonyl (C=O) groups excluding carboxylic acids is 1. The van der Waals surface area contributed by atoms with Crippen molar-refractivity contribution in [2.75, 3.05) is 12.3 Å². The first kappa shape index (κ1) is 14.4. The molecule has 0 unspecified atom stereocenters. The van der Waals surface area contributed by atoms with E-state index in [9.17, 15) is 4.79 Å². The van der Waals surface area contributed by atoms with Gasteiger partial charge in [0, 0.05) is 18.3 Å². The normalized spacial score (nSPS) is 19.6. The van der Waals surface area contributed by atoms with Crippen LogP contribution in [0.15, 0.2) is 24.3 Å². The number of amides is 1. The van der Waals surface area contributed by atoms with E-state index < -0.39 is 0 Å². The molecule has 0 spiro atoms. The van der Waals surface area contributed by atoms with Crippen molar-refractivity contribution in [1.82, 2.24) is 4.90 Å². The Bertz CT molecular complexity index is 513. The van der Waals surface area contributed by atoms with E-state index in [0.717, 1.165) is 37.1 Å². The Morgan fingerprint density at radius 3 is 2.38 bits per heavy atom. The summed E-state index contributed by atoms with van der Waals surface area (Å²) in [6.45, 7) is 5.36. The fourth-order valence-electron chi connectivity index (χ4n) is 3.06. The summed E-state index contributed by atoms with van der Waals surface area (Å²) in [5, 5.41) is 0. The van der Waals surface area contributed by atoms with E-state index in [1.54, 1.807) is 0 Å². The number of nitrogens with zero attached hydrogens (tertiary/aromatic N) is 1. The third-order valence-electron chi connectivity index (χ3n) is 4.82. The topological polar surface area (TPSA) is 46.3 Å². The van der Waals surface area contributed by atoms with Crippen LogP contribution in [0.25, 0.3) is 0 Å². The van der Waals surface area contributed by atoms with E-state index in [-0.39, 0.29) is 5.41 Å². The summed E-state index contributed by atoms with van der Waals surface area (Å²) in [4.78, 5) is 15.3. The van der Waals surface area contributed by atoms with Crippen LogP contribution in [-0.4, -0.2) is 23.4 Å². The molecule has 2 N–H and O–H groups in total. The Morgan fingerprint density at radius 1 is 1.29 bits per heavy atom. The lowest BCUT2D eigenvalue weighted by atomic mass is 9.93. The first-order valence-corrected chi connectivity index (χ1v) is 8.20. The van der Waals surface area contributed by atoms with Crippen LogP contribution < -0.4 is 5.73 Å². The van der Waals surface area contributed by atoms with Crippen LogP contribution in [0.4, 0.5) is 5.69 Å². The molecule has 0 aromatic heterocycles. The maximum atomic E-state index is 13.1. The minimum Gasteiger partial charge on any atom is -0.399 e. The second-order valence-electron chi connectivity index (χ2n) is 7.12. The average Bonchev–Trinajstić information content (AvgIpc) is 3.33. The molecule has 0 saturated heterocycles. The highest BCUT2D eigenvalue weighted by molar-refractivity contribution is 5.91. The molecular weight excluding hydrogens is 260 g/mol. The van der Waals surface area contributed by atoms with E-state index in [1.807, 2.05) is 24.3 Å². The molecule has 3 rings (SSSR count). The SMILES string of the molecule is CC(C)CCN(C(=O)C1(c2ccc(N)cc2)CC1)C1CC1. The minimum atomic E-state index is -0.243. The van der Waals surface area contributed by atoms with Crippen LogP contribution >= 0.6 is 0 Å². The van der Waals surface area contributed by atoms with Crippen LogP contribution in [0.2, 0.25) is 0 Å². The van der Waals surface area contributed by atoms with E-state index >= 15 is 0 Å². The molecule has 2 fully saturated rings. The lowest BCUT2D eigenvalue weighted by Gasteiger charge is -2.28. The second-order valence-corrected chi connectivity index (χ2v) is 7.12. The number of carbonyl (C=O) groups is 1. The molecule has 2 aliphatic carbocycles. The van der Waals surface area contributed by atoms with Gasteiger partial charge in [0.2, 0.25) is 5.91 Å². The van der Waals surface area contributed by atoms with Crippen molar-refractivity contribution in [3.05, 3.63) is 29.8 Å². The summed E-state index contributed by atoms with van der Waals surface area (Å²) in [7, 11) is 0. The van der Waals surface area contributed by atoms with Gasteiger partial charge in [-0.15, -0.1) is 0 Å². The Morgan fingerprint density at radius 2 is 1.90 bits per heavy atom. The summed E-state index contributed by atoms with van der Waals surface area (Å²) in [5.41, 5.74) is 7.44. The first-order valence-electron chi connectivity index (χ1n) is 8.20. The number of benzene rings is 1.